The molecule has 1 aliphatic rings. The van der Waals surface area contributed by atoms with Crippen molar-refractivity contribution in [3.63, 3.8) is 0 Å². The number of ether oxygens (including phenoxy) is 2. The molecular weight excluding hydrogens is 332 g/mol. The SMILES string of the molecule is COc1cc2c(cc1OC)C(C)N(C(=S)NCc1ccccc1)CC2. The van der Waals surface area contributed by atoms with E-state index in [0.29, 0.717) is 0 Å². The van der Waals surface area contributed by atoms with Gasteiger partial charge in [-0.3, -0.25) is 0 Å². The monoisotopic (exact) mass is 356 g/mol. The van der Waals surface area contributed by atoms with Gasteiger partial charge in [0.05, 0.1) is 20.3 Å². The summed E-state index contributed by atoms with van der Waals surface area (Å²) in [5.41, 5.74) is 3.77. The third-order valence-electron chi connectivity index (χ3n) is 4.73. The van der Waals surface area contributed by atoms with E-state index < -0.39 is 0 Å². The Hall–Kier alpha value is -2.27. The van der Waals surface area contributed by atoms with E-state index in [1.165, 1.54) is 16.7 Å². The van der Waals surface area contributed by atoms with E-state index in [4.69, 9.17) is 21.7 Å². The quantitative estimate of drug-likeness (QED) is 0.845. The molecule has 0 spiro atoms. The maximum Gasteiger partial charge on any atom is 0.169 e. The van der Waals surface area contributed by atoms with Crippen molar-refractivity contribution in [3.8, 4) is 11.5 Å². The van der Waals surface area contributed by atoms with Crippen LogP contribution in [0.25, 0.3) is 0 Å². The van der Waals surface area contributed by atoms with E-state index in [1.807, 2.05) is 18.2 Å². The maximum absolute atomic E-state index is 5.65. The Morgan fingerprint density at radius 3 is 2.52 bits per heavy atom. The van der Waals surface area contributed by atoms with Crippen LogP contribution in [0.3, 0.4) is 0 Å². The van der Waals surface area contributed by atoms with Crippen molar-refractivity contribution in [2.75, 3.05) is 20.8 Å². The van der Waals surface area contributed by atoms with Crippen molar-refractivity contribution in [2.45, 2.75) is 25.9 Å². The first kappa shape index (κ1) is 17.5. The van der Waals surface area contributed by atoms with Crippen LogP contribution >= 0.6 is 12.2 Å². The highest BCUT2D eigenvalue weighted by atomic mass is 32.1. The summed E-state index contributed by atoms with van der Waals surface area (Å²) in [7, 11) is 3.34. The van der Waals surface area contributed by atoms with Crippen LogP contribution in [0.15, 0.2) is 42.5 Å². The molecule has 0 aliphatic carbocycles. The molecule has 0 bridgehead atoms. The third kappa shape index (κ3) is 3.71. The summed E-state index contributed by atoms with van der Waals surface area (Å²) in [5.74, 6) is 1.55. The zero-order valence-electron chi connectivity index (χ0n) is 14.9. The normalized spacial score (nSPS) is 16.1. The van der Waals surface area contributed by atoms with E-state index in [9.17, 15) is 0 Å². The topological polar surface area (TPSA) is 33.7 Å². The minimum Gasteiger partial charge on any atom is -0.493 e. The van der Waals surface area contributed by atoms with E-state index >= 15 is 0 Å². The van der Waals surface area contributed by atoms with Crippen LogP contribution < -0.4 is 14.8 Å². The molecule has 0 radical (unpaired) electrons. The molecule has 1 unspecified atom stereocenters. The molecule has 0 amide bonds. The van der Waals surface area contributed by atoms with Crippen LogP contribution in [0.4, 0.5) is 0 Å². The van der Waals surface area contributed by atoms with Gasteiger partial charge in [-0.2, -0.15) is 0 Å². The van der Waals surface area contributed by atoms with Gasteiger partial charge in [-0.1, -0.05) is 30.3 Å². The fourth-order valence-corrected chi connectivity index (χ4v) is 3.62. The molecule has 2 aromatic carbocycles. The average molecular weight is 356 g/mol. The summed E-state index contributed by atoms with van der Waals surface area (Å²) in [6, 6.07) is 14.7. The molecule has 1 N–H and O–H groups in total. The Morgan fingerprint density at radius 1 is 1.16 bits per heavy atom. The van der Waals surface area contributed by atoms with Crippen LogP contribution in [0.5, 0.6) is 11.5 Å². The van der Waals surface area contributed by atoms with E-state index in [0.717, 1.165) is 36.1 Å². The number of hydrogen-bond acceptors (Lipinski definition) is 3. The molecule has 132 valence electrons. The lowest BCUT2D eigenvalue weighted by molar-refractivity contribution is 0.308. The Bertz CT molecular complexity index is 749. The van der Waals surface area contributed by atoms with Crippen LogP contribution in [-0.2, 0) is 13.0 Å². The van der Waals surface area contributed by atoms with Crippen molar-refractivity contribution in [3.05, 3.63) is 59.2 Å². The Labute approximate surface area is 154 Å². The number of fused-ring (bicyclic) bond motifs is 1. The number of rotatable bonds is 4. The van der Waals surface area contributed by atoms with Crippen molar-refractivity contribution in [1.82, 2.24) is 10.2 Å². The highest BCUT2D eigenvalue weighted by Crippen LogP contribution is 2.37. The fourth-order valence-electron chi connectivity index (χ4n) is 3.30. The van der Waals surface area contributed by atoms with Crippen LogP contribution in [0.1, 0.15) is 29.7 Å². The molecule has 25 heavy (non-hydrogen) atoms. The standard InChI is InChI=1S/C20H24N2O2S/c1-14-17-12-19(24-3)18(23-2)11-16(17)9-10-22(14)20(25)21-13-15-7-5-4-6-8-15/h4-8,11-12,14H,9-10,13H2,1-3H3,(H,21,25). The molecule has 1 aliphatic heterocycles. The predicted molar refractivity (Wildman–Crippen MR) is 104 cm³/mol. The molecular formula is C20H24N2O2S. The first-order valence-corrected chi connectivity index (χ1v) is 8.88. The number of methoxy groups -OCH3 is 2. The highest BCUT2D eigenvalue weighted by molar-refractivity contribution is 7.80. The Morgan fingerprint density at radius 2 is 1.84 bits per heavy atom. The fraction of sp³-hybridized carbons (Fsp3) is 0.350. The maximum atomic E-state index is 5.65. The largest absolute Gasteiger partial charge is 0.493 e. The van der Waals surface area contributed by atoms with Crippen molar-refractivity contribution in [1.29, 1.82) is 0 Å². The summed E-state index contributed by atoms with van der Waals surface area (Å²) in [6.07, 6.45) is 0.938. The van der Waals surface area contributed by atoms with Gasteiger partial charge in [-0.25, -0.2) is 0 Å². The molecule has 1 heterocycles. The molecule has 1 atom stereocenters. The first-order chi connectivity index (χ1) is 12.1. The summed E-state index contributed by atoms with van der Waals surface area (Å²) in [6.45, 7) is 3.81. The van der Waals surface area contributed by atoms with Gasteiger partial charge < -0.3 is 19.7 Å². The Balaban J connectivity index is 1.74. The third-order valence-corrected chi connectivity index (χ3v) is 5.11. The summed E-state index contributed by atoms with van der Waals surface area (Å²) < 4.78 is 10.9. The molecule has 2 aromatic rings. The lowest BCUT2D eigenvalue weighted by Crippen LogP contribution is -2.44. The van der Waals surface area contributed by atoms with Crippen LogP contribution in [0, 0.1) is 0 Å². The second-order valence-electron chi connectivity index (χ2n) is 6.17. The van der Waals surface area contributed by atoms with Crippen LogP contribution in [-0.4, -0.2) is 30.8 Å². The van der Waals surface area contributed by atoms with Gasteiger partial charge in [0.2, 0.25) is 0 Å². The summed E-state index contributed by atoms with van der Waals surface area (Å²) in [5, 5.41) is 4.17. The van der Waals surface area contributed by atoms with Gasteiger partial charge in [-0.15, -0.1) is 0 Å². The van der Waals surface area contributed by atoms with Crippen molar-refractivity contribution >= 4 is 17.3 Å². The first-order valence-electron chi connectivity index (χ1n) is 8.47. The zero-order chi connectivity index (χ0) is 17.8. The smallest absolute Gasteiger partial charge is 0.169 e. The van der Waals surface area contributed by atoms with E-state index in [2.05, 4.69) is 41.4 Å². The lowest BCUT2D eigenvalue weighted by Gasteiger charge is -2.37. The van der Waals surface area contributed by atoms with Gasteiger partial charge in [-0.05, 0) is 54.4 Å². The molecule has 4 nitrogen and oxygen atoms in total. The van der Waals surface area contributed by atoms with Gasteiger partial charge in [0.25, 0.3) is 0 Å². The number of nitrogens with zero attached hydrogens (tertiary/aromatic N) is 1. The number of thiocarbonyl (C=S) groups is 1. The highest BCUT2D eigenvalue weighted by Gasteiger charge is 2.27. The molecule has 0 aromatic heterocycles. The van der Waals surface area contributed by atoms with Gasteiger partial charge in [0, 0.05) is 13.1 Å². The number of benzene rings is 2. The predicted octanol–water partition coefficient (Wildman–Crippen LogP) is 3.70. The summed E-state index contributed by atoms with van der Waals surface area (Å²) in [4.78, 5) is 2.24. The van der Waals surface area contributed by atoms with Gasteiger partial charge in [0.1, 0.15) is 0 Å². The van der Waals surface area contributed by atoms with Gasteiger partial charge in [0.15, 0.2) is 16.6 Å². The zero-order valence-corrected chi connectivity index (χ0v) is 15.7. The summed E-state index contributed by atoms with van der Waals surface area (Å²) >= 11 is 5.65. The van der Waals surface area contributed by atoms with Crippen molar-refractivity contribution in [2.24, 2.45) is 0 Å². The van der Waals surface area contributed by atoms with E-state index in [1.54, 1.807) is 14.2 Å². The molecule has 3 rings (SSSR count). The molecule has 5 heteroatoms. The minimum atomic E-state index is 0.194. The molecule has 0 saturated heterocycles. The minimum absolute atomic E-state index is 0.194. The lowest BCUT2D eigenvalue weighted by atomic mass is 9.93. The van der Waals surface area contributed by atoms with Crippen LogP contribution in [0.2, 0.25) is 0 Å². The number of nitrogens with one attached hydrogen (secondary N) is 1. The average Bonchev–Trinajstić information content (AvgIpc) is 2.66. The van der Waals surface area contributed by atoms with Crippen molar-refractivity contribution < 1.29 is 9.47 Å². The second-order valence-corrected chi connectivity index (χ2v) is 6.56. The molecule has 0 saturated carbocycles. The molecule has 0 fully saturated rings. The number of hydrogen-bond donors (Lipinski definition) is 1. The Kier molecular flexibility index (Phi) is 5.43. The second kappa shape index (κ2) is 7.74. The van der Waals surface area contributed by atoms with Gasteiger partial charge >= 0.3 is 0 Å². The van der Waals surface area contributed by atoms with E-state index in [-0.39, 0.29) is 6.04 Å².